The lowest BCUT2D eigenvalue weighted by molar-refractivity contribution is 0.0713. The number of benzene rings is 1. The van der Waals surface area contributed by atoms with Crippen LogP contribution in [-0.2, 0) is 0 Å². The van der Waals surface area contributed by atoms with Gasteiger partial charge in [0.2, 0.25) is 0 Å². The predicted molar refractivity (Wildman–Crippen MR) is 140 cm³/mol. The summed E-state index contributed by atoms with van der Waals surface area (Å²) in [6, 6.07) is 3.91. The summed E-state index contributed by atoms with van der Waals surface area (Å²) < 4.78 is 20.5. The Balaban J connectivity index is 1.95. The van der Waals surface area contributed by atoms with Gasteiger partial charge in [-0.15, -0.1) is 0 Å². The molecule has 2 unspecified atom stereocenters. The molecule has 2 aromatic rings. The van der Waals surface area contributed by atoms with Crippen molar-refractivity contribution < 1.29 is 23.8 Å². The summed E-state index contributed by atoms with van der Waals surface area (Å²) in [4.78, 5) is 36.8. The minimum absolute atomic E-state index is 0.0462. The highest BCUT2D eigenvalue weighted by molar-refractivity contribution is 5.97. The van der Waals surface area contributed by atoms with Crippen molar-refractivity contribution in [1.82, 2.24) is 20.2 Å². The fourth-order valence-corrected chi connectivity index (χ4v) is 4.90. The smallest absolute Gasteiger partial charge is 0.404 e. The fraction of sp³-hybridized carbons (Fsp3) is 0.556. The molecule has 1 saturated heterocycles. The SMILES string of the molecule is CCN(C(=O)c1cc(F)ccc1Oc1cncnc1N1CCC(CNC(=O)O)CC1C(C)(C)C)C(C)C. The van der Waals surface area contributed by atoms with Crippen LogP contribution in [0.25, 0.3) is 0 Å². The minimum Gasteiger partial charge on any atom is -0.465 e. The standard InChI is InChI=1S/C27H38FN5O4/c1-7-32(17(2)3)25(34)20-13-19(28)8-9-21(20)37-22-15-29-16-31-24(22)33-11-10-18(14-30-26(35)36)12-23(33)27(4,5)6/h8-9,13,15-18,23,30H,7,10-12,14H2,1-6H3,(H,35,36). The van der Waals surface area contributed by atoms with Crippen molar-refractivity contribution in [3.63, 3.8) is 0 Å². The van der Waals surface area contributed by atoms with Crippen molar-refractivity contribution in [2.24, 2.45) is 11.3 Å². The second-order valence-corrected chi connectivity index (χ2v) is 10.8. The second-order valence-electron chi connectivity index (χ2n) is 10.8. The molecule has 2 heterocycles. The van der Waals surface area contributed by atoms with E-state index in [1.165, 1.54) is 24.5 Å². The Morgan fingerprint density at radius 3 is 2.65 bits per heavy atom. The molecule has 9 nitrogen and oxygen atoms in total. The molecular formula is C27H38FN5O4. The molecule has 2 amide bonds. The van der Waals surface area contributed by atoms with Crippen LogP contribution in [0.15, 0.2) is 30.7 Å². The number of carbonyl (C=O) groups is 2. The molecule has 2 atom stereocenters. The van der Waals surface area contributed by atoms with Gasteiger partial charge in [-0.2, -0.15) is 0 Å². The molecule has 202 valence electrons. The number of ether oxygens (including phenoxy) is 1. The number of nitrogens with one attached hydrogen (secondary N) is 1. The zero-order chi connectivity index (χ0) is 27.3. The molecule has 37 heavy (non-hydrogen) atoms. The first-order chi connectivity index (χ1) is 17.4. The molecule has 1 aliphatic heterocycles. The third-order valence-electron chi connectivity index (χ3n) is 6.80. The van der Waals surface area contributed by atoms with Crippen molar-refractivity contribution in [3.05, 3.63) is 42.1 Å². The van der Waals surface area contributed by atoms with E-state index in [1.54, 1.807) is 11.1 Å². The molecule has 2 N–H and O–H groups in total. The summed E-state index contributed by atoms with van der Waals surface area (Å²) in [5.74, 6) is 0.537. The van der Waals surface area contributed by atoms with E-state index in [4.69, 9.17) is 9.84 Å². The second kappa shape index (κ2) is 11.7. The number of aromatic nitrogens is 2. The lowest BCUT2D eigenvalue weighted by atomic mass is 9.77. The minimum atomic E-state index is -1.02. The van der Waals surface area contributed by atoms with Crippen LogP contribution < -0.4 is 15.0 Å². The molecular weight excluding hydrogens is 477 g/mol. The number of amides is 2. The molecule has 1 aromatic heterocycles. The van der Waals surface area contributed by atoms with Gasteiger partial charge in [-0.25, -0.2) is 19.2 Å². The third-order valence-corrected chi connectivity index (χ3v) is 6.80. The number of rotatable bonds is 8. The number of hydrogen-bond donors (Lipinski definition) is 2. The van der Waals surface area contributed by atoms with E-state index >= 15 is 0 Å². The average molecular weight is 516 g/mol. The largest absolute Gasteiger partial charge is 0.465 e. The Labute approximate surface area is 218 Å². The monoisotopic (exact) mass is 515 g/mol. The van der Waals surface area contributed by atoms with Gasteiger partial charge in [-0.1, -0.05) is 20.8 Å². The van der Waals surface area contributed by atoms with Crippen LogP contribution in [0.1, 0.15) is 64.7 Å². The normalized spacial score (nSPS) is 18.0. The van der Waals surface area contributed by atoms with Crippen LogP contribution in [-0.4, -0.2) is 63.7 Å². The summed E-state index contributed by atoms with van der Waals surface area (Å²) in [6.07, 6.45) is 3.53. The van der Waals surface area contributed by atoms with E-state index in [0.29, 0.717) is 31.2 Å². The first-order valence-corrected chi connectivity index (χ1v) is 12.7. The summed E-state index contributed by atoms with van der Waals surface area (Å²) in [5.41, 5.74) is -0.00353. The fourth-order valence-electron chi connectivity index (χ4n) is 4.90. The number of nitrogens with zero attached hydrogens (tertiary/aromatic N) is 4. The summed E-state index contributed by atoms with van der Waals surface area (Å²) in [5, 5.41) is 11.5. The maximum absolute atomic E-state index is 14.2. The van der Waals surface area contributed by atoms with Crippen molar-refractivity contribution in [2.45, 2.75) is 66.5 Å². The van der Waals surface area contributed by atoms with E-state index in [0.717, 1.165) is 12.8 Å². The maximum atomic E-state index is 14.2. The number of carbonyl (C=O) groups excluding carboxylic acids is 1. The third kappa shape index (κ3) is 6.87. The van der Waals surface area contributed by atoms with Gasteiger partial charge in [0.1, 0.15) is 17.9 Å². The highest BCUT2D eigenvalue weighted by Crippen LogP contribution is 2.41. The average Bonchev–Trinajstić information content (AvgIpc) is 2.83. The van der Waals surface area contributed by atoms with Crippen LogP contribution in [0.5, 0.6) is 11.5 Å². The number of hydrogen-bond acceptors (Lipinski definition) is 6. The molecule has 0 spiro atoms. The Morgan fingerprint density at radius 2 is 2.03 bits per heavy atom. The molecule has 0 bridgehead atoms. The molecule has 0 saturated carbocycles. The summed E-state index contributed by atoms with van der Waals surface area (Å²) in [6.45, 7) is 13.6. The molecule has 1 fully saturated rings. The molecule has 0 radical (unpaired) electrons. The van der Waals surface area contributed by atoms with Gasteiger partial charge in [0.05, 0.1) is 11.8 Å². The van der Waals surface area contributed by atoms with Crippen LogP contribution >= 0.6 is 0 Å². The van der Waals surface area contributed by atoms with Crippen LogP contribution in [0.2, 0.25) is 0 Å². The van der Waals surface area contributed by atoms with E-state index in [9.17, 15) is 14.0 Å². The highest BCUT2D eigenvalue weighted by Gasteiger charge is 2.38. The molecule has 10 heteroatoms. The summed E-state index contributed by atoms with van der Waals surface area (Å²) >= 11 is 0. The Kier molecular flexibility index (Phi) is 8.94. The molecule has 1 aliphatic rings. The zero-order valence-electron chi connectivity index (χ0n) is 22.5. The highest BCUT2D eigenvalue weighted by atomic mass is 19.1. The van der Waals surface area contributed by atoms with Gasteiger partial charge in [0.15, 0.2) is 11.6 Å². The van der Waals surface area contributed by atoms with Crippen molar-refractivity contribution in [2.75, 3.05) is 24.5 Å². The number of halogens is 1. The number of piperidine rings is 1. The van der Waals surface area contributed by atoms with E-state index in [2.05, 4.69) is 41.0 Å². The van der Waals surface area contributed by atoms with Gasteiger partial charge < -0.3 is 25.0 Å². The van der Waals surface area contributed by atoms with Crippen molar-refractivity contribution in [1.29, 1.82) is 0 Å². The number of carboxylic acid groups (broad SMARTS) is 1. The predicted octanol–water partition coefficient (Wildman–Crippen LogP) is 5.18. The maximum Gasteiger partial charge on any atom is 0.404 e. The topological polar surface area (TPSA) is 108 Å². The van der Waals surface area contributed by atoms with E-state index in [-0.39, 0.29) is 40.6 Å². The molecule has 3 rings (SSSR count). The number of anilines is 1. The van der Waals surface area contributed by atoms with Crippen LogP contribution in [0, 0.1) is 17.2 Å². The summed E-state index contributed by atoms with van der Waals surface area (Å²) in [7, 11) is 0. The van der Waals surface area contributed by atoms with Crippen LogP contribution in [0.4, 0.5) is 15.0 Å². The lowest BCUT2D eigenvalue weighted by Crippen LogP contribution is -2.51. The quantitative estimate of drug-likeness (QED) is 0.499. The van der Waals surface area contributed by atoms with Gasteiger partial charge >= 0.3 is 6.09 Å². The molecule has 0 aliphatic carbocycles. The van der Waals surface area contributed by atoms with E-state index in [1.807, 2.05) is 20.8 Å². The van der Waals surface area contributed by atoms with Crippen molar-refractivity contribution >= 4 is 17.8 Å². The van der Waals surface area contributed by atoms with Gasteiger partial charge in [0, 0.05) is 31.7 Å². The van der Waals surface area contributed by atoms with Crippen LogP contribution in [0.3, 0.4) is 0 Å². The lowest BCUT2D eigenvalue weighted by Gasteiger charge is -2.46. The van der Waals surface area contributed by atoms with Gasteiger partial charge in [0.25, 0.3) is 5.91 Å². The Hall–Kier alpha value is -3.43. The molecule has 1 aromatic carbocycles. The van der Waals surface area contributed by atoms with Gasteiger partial charge in [-0.05, 0) is 63.1 Å². The Bertz CT molecular complexity index is 1100. The van der Waals surface area contributed by atoms with Crippen molar-refractivity contribution in [3.8, 4) is 11.5 Å². The first-order valence-electron chi connectivity index (χ1n) is 12.7. The zero-order valence-corrected chi connectivity index (χ0v) is 22.5. The van der Waals surface area contributed by atoms with E-state index < -0.39 is 11.9 Å². The van der Waals surface area contributed by atoms with Gasteiger partial charge in [-0.3, -0.25) is 4.79 Å². The Morgan fingerprint density at radius 1 is 1.30 bits per heavy atom. The first kappa shape index (κ1) is 28.1.